The van der Waals surface area contributed by atoms with E-state index in [9.17, 15) is 10.1 Å². The molecule has 1 unspecified atom stereocenters. The van der Waals surface area contributed by atoms with Gasteiger partial charge in [-0.15, -0.1) is 0 Å². The van der Waals surface area contributed by atoms with Gasteiger partial charge in [0.1, 0.15) is 0 Å². The number of carbonyl (C=O) groups excluding carboxylic acids is 1. The quantitative estimate of drug-likeness (QED) is 0.624. The van der Waals surface area contributed by atoms with E-state index < -0.39 is 0 Å². The van der Waals surface area contributed by atoms with Crippen LogP contribution in [0.25, 0.3) is 11.1 Å². The first kappa shape index (κ1) is 14.3. The van der Waals surface area contributed by atoms with Crippen LogP contribution >= 0.6 is 0 Å². The summed E-state index contributed by atoms with van der Waals surface area (Å²) in [4.78, 5) is 12.4. The zero-order valence-corrected chi connectivity index (χ0v) is 12.5. The summed E-state index contributed by atoms with van der Waals surface area (Å²) < 4.78 is 5.36. The van der Waals surface area contributed by atoms with Crippen LogP contribution in [0.3, 0.4) is 0 Å². The maximum atomic E-state index is 12.4. The van der Waals surface area contributed by atoms with Crippen molar-refractivity contribution in [3.63, 3.8) is 0 Å². The van der Waals surface area contributed by atoms with Crippen molar-refractivity contribution < 1.29 is 9.53 Å². The molecule has 0 bridgehead atoms. The van der Waals surface area contributed by atoms with Gasteiger partial charge in [-0.3, -0.25) is 0 Å². The van der Waals surface area contributed by atoms with E-state index in [1.54, 1.807) is 6.07 Å². The average molecular weight is 291 g/mol. The number of esters is 1. The van der Waals surface area contributed by atoms with Gasteiger partial charge in [0.15, 0.2) is 0 Å². The smallest absolute Gasteiger partial charge is 0.338 e. The number of ether oxygens (including phenoxy) is 1. The van der Waals surface area contributed by atoms with Crippen molar-refractivity contribution >= 4 is 5.97 Å². The highest BCUT2D eigenvalue weighted by molar-refractivity contribution is 6.00. The third kappa shape index (κ3) is 2.27. The van der Waals surface area contributed by atoms with Crippen molar-refractivity contribution in [3.05, 3.63) is 59.2 Å². The number of fused-ring (bicyclic) bond motifs is 3. The lowest BCUT2D eigenvalue weighted by molar-refractivity contribution is 0.0500. The zero-order chi connectivity index (χ0) is 15.5. The lowest BCUT2D eigenvalue weighted by Gasteiger charge is -2.09. The van der Waals surface area contributed by atoms with Gasteiger partial charge in [-0.1, -0.05) is 49.7 Å². The lowest BCUT2D eigenvalue weighted by Crippen LogP contribution is -2.08. The Morgan fingerprint density at radius 1 is 1.18 bits per heavy atom. The molecular formula is C19H17NO2. The Bertz CT molecular complexity index is 758. The van der Waals surface area contributed by atoms with E-state index in [-0.39, 0.29) is 11.9 Å². The van der Waals surface area contributed by atoms with Crippen molar-refractivity contribution in [2.24, 2.45) is 0 Å². The fourth-order valence-electron chi connectivity index (χ4n) is 2.95. The summed E-state index contributed by atoms with van der Waals surface area (Å²) in [7, 11) is 0. The molecule has 22 heavy (non-hydrogen) atoms. The van der Waals surface area contributed by atoms with Gasteiger partial charge >= 0.3 is 5.97 Å². The summed E-state index contributed by atoms with van der Waals surface area (Å²) in [5, 5.41) is 9.50. The first-order valence-electron chi connectivity index (χ1n) is 7.57. The van der Waals surface area contributed by atoms with E-state index in [2.05, 4.69) is 13.0 Å². The summed E-state index contributed by atoms with van der Waals surface area (Å²) in [6, 6.07) is 15.6. The molecular weight excluding hydrogens is 274 g/mol. The molecule has 0 amide bonds. The van der Waals surface area contributed by atoms with Crippen LogP contribution in [0.2, 0.25) is 0 Å². The highest BCUT2D eigenvalue weighted by Crippen LogP contribution is 2.46. The number of nitriles is 1. The van der Waals surface area contributed by atoms with E-state index >= 15 is 0 Å². The third-order valence-electron chi connectivity index (χ3n) is 4.03. The molecule has 1 aliphatic carbocycles. The topological polar surface area (TPSA) is 50.1 Å². The number of hydrogen-bond donors (Lipinski definition) is 0. The highest BCUT2D eigenvalue weighted by Gasteiger charge is 2.31. The van der Waals surface area contributed by atoms with Crippen LogP contribution in [0.15, 0.2) is 42.5 Å². The summed E-state index contributed by atoms with van der Waals surface area (Å²) in [6.07, 6.45) is 1.84. The second-order valence-corrected chi connectivity index (χ2v) is 5.41. The van der Waals surface area contributed by atoms with E-state index in [0.29, 0.717) is 12.2 Å². The molecule has 0 aromatic heterocycles. The fraction of sp³-hybridized carbons (Fsp3) is 0.263. The molecule has 3 rings (SSSR count). The highest BCUT2D eigenvalue weighted by atomic mass is 16.5. The van der Waals surface area contributed by atoms with Crippen LogP contribution in [0.5, 0.6) is 0 Å². The van der Waals surface area contributed by atoms with Crippen molar-refractivity contribution in [1.82, 2.24) is 0 Å². The summed E-state index contributed by atoms with van der Waals surface area (Å²) in [6.45, 7) is 2.49. The minimum atomic E-state index is -0.311. The van der Waals surface area contributed by atoms with Crippen LogP contribution in [0.1, 0.15) is 47.2 Å². The molecule has 2 aromatic rings. The van der Waals surface area contributed by atoms with E-state index in [1.165, 1.54) is 0 Å². The molecule has 110 valence electrons. The SMILES string of the molecule is CCCCOC(=O)c1cccc2c1-c1ccccc1C2C#N. The molecule has 0 fully saturated rings. The minimum Gasteiger partial charge on any atom is -0.462 e. The molecule has 0 saturated heterocycles. The molecule has 2 aromatic carbocycles. The molecule has 0 heterocycles. The Morgan fingerprint density at radius 3 is 2.73 bits per heavy atom. The van der Waals surface area contributed by atoms with Crippen LogP contribution in [-0.4, -0.2) is 12.6 Å². The monoisotopic (exact) mass is 291 g/mol. The molecule has 0 aliphatic heterocycles. The van der Waals surface area contributed by atoms with E-state index in [4.69, 9.17) is 4.74 Å². The van der Waals surface area contributed by atoms with Gasteiger partial charge in [-0.2, -0.15) is 5.26 Å². The number of carbonyl (C=O) groups is 1. The zero-order valence-electron chi connectivity index (χ0n) is 12.5. The molecule has 3 nitrogen and oxygen atoms in total. The molecule has 1 aliphatic rings. The summed E-state index contributed by atoms with van der Waals surface area (Å²) in [5.41, 5.74) is 4.24. The largest absolute Gasteiger partial charge is 0.462 e. The van der Waals surface area contributed by atoms with Gasteiger partial charge in [-0.25, -0.2) is 4.79 Å². The first-order valence-corrected chi connectivity index (χ1v) is 7.57. The molecule has 0 radical (unpaired) electrons. The standard InChI is InChI=1S/C19H17NO2/c1-2-3-11-22-19(21)16-10-6-9-15-17(12-20)13-7-4-5-8-14(13)18(15)16/h4-10,17H,2-3,11H2,1H3. The predicted octanol–water partition coefficient (Wildman–Crippen LogP) is 4.28. The summed E-state index contributed by atoms with van der Waals surface area (Å²) in [5.74, 6) is -0.617. The van der Waals surface area contributed by atoms with Gasteiger partial charge in [0, 0.05) is 5.56 Å². The normalized spacial score (nSPS) is 14.8. The Hall–Kier alpha value is -2.60. The van der Waals surface area contributed by atoms with Crippen molar-refractivity contribution in [2.45, 2.75) is 25.7 Å². The maximum absolute atomic E-state index is 12.4. The minimum absolute atomic E-state index is 0.307. The van der Waals surface area contributed by atoms with Gasteiger partial charge < -0.3 is 4.74 Å². The number of benzene rings is 2. The van der Waals surface area contributed by atoms with Crippen LogP contribution in [0, 0.1) is 11.3 Å². The number of rotatable bonds is 4. The van der Waals surface area contributed by atoms with Crippen LogP contribution in [0.4, 0.5) is 0 Å². The third-order valence-corrected chi connectivity index (χ3v) is 4.03. The van der Waals surface area contributed by atoms with Crippen LogP contribution < -0.4 is 0 Å². The molecule has 0 N–H and O–H groups in total. The molecule has 3 heteroatoms. The number of hydrogen-bond acceptors (Lipinski definition) is 3. The molecule has 0 saturated carbocycles. The van der Waals surface area contributed by atoms with E-state index in [0.717, 1.165) is 35.1 Å². The lowest BCUT2D eigenvalue weighted by atomic mass is 9.97. The van der Waals surface area contributed by atoms with Crippen LogP contribution in [-0.2, 0) is 4.74 Å². The molecule has 0 spiro atoms. The first-order chi connectivity index (χ1) is 10.8. The van der Waals surface area contributed by atoms with Crippen molar-refractivity contribution in [1.29, 1.82) is 5.26 Å². The Kier molecular flexibility index (Phi) is 3.93. The second-order valence-electron chi connectivity index (χ2n) is 5.41. The van der Waals surface area contributed by atoms with Gasteiger partial charge in [0.2, 0.25) is 0 Å². The van der Waals surface area contributed by atoms with Crippen molar-refractivity contribution in [2.75, 3.05) is 6.61 Å². The second kappa shape index (κ2) is 6.03. The van der Waals surface area contributed by atoms with Gasteiger partial charge in [-0.05, 0) is 29.2 Å². The van der Waals surface area contributed by atoms with Crippen molar-refractivity contribution in [3.8, 4) is 17.2 Å². The Morgan fingerprint density at radius 2 is 1.95 bits per heavy atom. The number of unbranched alkanes of at least 4 members (excludes halogenated alkanes) is 1. The van der Waals surface area contributed by atoms with E-state index in [1.807, 2.05) is 36.4 Å². The average Bonchev–Trinajstić information content (AvgIpc) is 2.88. The Balaban J connectivity index is 2.06. The fourth-order valence-corrected chi connectivity index (χ4v) is 2.95. The molecule has 1 atom stereocenters. The Labute approximate surface area is 130 Å². The maximum Gasteiger partial charge on any atom is 0.338 e. The summed E-state index contributed by atoms with van der Waals surface area (Å²) >= 11 is 0. The van der Waals surface area contributed by atoms with Gasteiger partial charge in [0.05, 0.1) is 24.2 Å². The predicted molar refractivity (Wildman–Crippen MR) is 84.5 cm³/mol. The number of nitrogens with zero attached hydrogens (tertiary/aromatic N) is 1. The van der Waals surface area contributed by atoms with Gasteiger partial charge in [0.25, 0.3) is 0 Å².